The Morgan fingerprint density at radius 3 is 2.37 bits per heavy atom. The van der Waals surface area contributed by atoms with Gasteiger partial charge in [0.15, 0.2) is 0 Å². The van der Waals surface area contributed by atoms with Gasteiger partial charge in [-0.3, -0.25) is 35.7 Å². The zero-order valence-electron chi connectivity index (χ0n) is 13.6. The van der Waals surface area contributed by atoms with E-state index in [1.165, 1.54) is 30.3 Å². The third-order valence-electron chi connectivity index (χ3n) is 3.60. The van der Waals surface area contributed by atoms with Crippen LogP contribution in [0.15, 0.2) is 54.6 Å². The molecule has 2 aromatic carbocycles. The summed E-state index contributed by atoms with van der Waals surface area (Å²) in [6.07, 6.45) is 0. The van der Waals surface area contributed by atoms with Gasteiger partial charge in [0.05, 0.1) is 15.6 Å². The minimum atomic E-state index is -0.621. The van der Waals surface area contributed by atoms with Gasteiger partial charge < -0.3 is 0 Å². The molecule has 0 aliphatic heterocycles. The molecule has 136 valence electrons. The number of benzene rings is 2. The van der Waals surface area contributed by atoms with Crippen LogP contribution in [-0.4, -0.2) is 26.9 Å². The van der Waals surface area contributed by atoms with E-state index < -0.39 is 16.7 Å². The number of H-pyrrole nitrogens is 1. The van der Waals surface area contributed by atoms with Crippen molar-refractivity contribution in [3.63, 3.8) is 0 Å². The van der Waals surface area contributed by atoms with E-state index in [0.717, 1.165) is 0 Å². The quantitative estimate of drug-likeness (QED) is 0.469. The molecule has 0 bridgehead atoms. The molecule has 0 unspecified atom stereocenters. The summed E-state index contributed by atoms with van der Waals surface area (Å²) in [5.41, 5.74) is 5.73. The highest BCUT2D eigenvalue weighted by Crippen LogP contribution is 2.26. The maximum absolute atomic E-state index is 12.1. The van der Waals surface area contributed by atoms with Crippen molar-refractivity contribution in [2.45, 2.75) is 0 Å². The topological polar surface area (TPSA) is 130 Å². The molecule has 3 N–H and O–H groups in total. The Morgan fingerprint density at radius 2 is 1.70 bits per heavy atom. The molecule has 0 spiro atoms. The summed E-state index contributed by atoms with van der Waals surface area (Å²) >= 11 is 6.10. The van der Waals surface area contributed by atoms with Gasteiger partial charge in [-0.25, -0.2) is 0 Å². The van der Waals surface area contributed by atoms with Crippen LogP contribution in [0.25, 0.3) is 11.3 Å². The van der Waals surface area contributed by atoms with Crippen LogP contribution in [0.3, 0.4) is 0 Å². The summed E-state index contributed by atoms with van der Waals surface area (Å²) in [6.45, 7) is 0. The SMILES string of the molecule is O=C(NNC(=O)c1cc(-c2ccccc2Cl)n[nH]1)c1ccc([N+](=O)[O-])cc1. The third-order valence-corrected chi connectivity index (χ3v) is 3.93. The number of aromatic nitrogens is 2. The average molecular weight is 386 g/mol. The number of nitro groups is 1. The van der Waals surface area contributed by atoms with Crippen molar-refractivity contribution < 1.29 is 14.5 Å². The monoisotopic (exact) mass is 385 g/mol. The fourth-order valence-electron chi connectivity index (χ4n) is 2.23. The summed E-state index contributed by atoms with van der Waals surface area (Å²) in [4.78, 5) is 34.2. The van der Waals surface area contributed by atoms with Crippen LogP contribution >= 0.6 is 11.6 Å². The van der Waals surface area contributed by atoms with Crippen LogP contribution in [0.5, 0.6) is 0 Å². The minimum absolute atomic E-state index is 0.119. The zero-order chi connectivity index (χ0) is 19.4. The number of nitro benzene ring substituents is 1. The second kappa shape index (κ2) is 7.67. The molecule has 0 radical (unpaired) electrons. The lowest BCUT2D eigenvalue weighted by molar-refractivity contribution is -0.384. The van der Waals surface area contributed by atoms with Gasteiger partial charge in [-0.2, -0.15) is 5.10 Å². The number of non-ortho nitro benzene ring substituents is 1. The maximum atomic E-state index is 12.1. The van der Waals surface area contributed by atoms with E-state index in [4.69, 9.17) is 11.6 Å². The fourth-order valence-corrected chi connectivity index (χ4v) is 2.47. The van der Waals surface area contributed by atoms with Crippen molar-refractivity contribution in [2.75, 3.05) is 0 Å². The number of aromatic amines is 1. The first-order chi connectivity index (χ1) is 13.0. The predicted octanol–water partition coefficient (Wildman–Crippen LogP) is 2.71. The maximum Gasteiger partial charge on any atom is 0.287 e. The summed E-state index contributed by atoms with van der Waals surface area (Å²) in [5, 5.41) is 17.7. The lowest BCUT2D eigenvalue weighted by Crippen LogP contribution is -2.41. The number of hydrogen-bond acceptors (Lipinski definition) is 5. The van der Waals surface area contributed by atoms with Crippen molar-refractivity contribution in [3.05, 3.63) is 81.0 Å². The van der Waals surface area contributed by atoms with Crippen LogP contribution in [0.2, 0.25) is 5.02 Å². The summed E-state index contributed by atoms with van der Waals surface area (Å²) < 4.78 is 0. The number of hydrogen-bond donors (Lipinski definition) is 3. The van der Waals surface area contributed by atoms with Gasteiger partial charge in [-0.15, -0.1) is 0 Å². The number of nitrogens with zero attached hydrogens (tertiary/aromatic N) is 2. The van der Waals surface area contributed by atoms with Crippen molar-refractivity contribution in [2.24, 2.45) is 0 Å². The zero-order valence-corrected chi connectivity index (χ0v) is 14.4. The molecule has 0 aliphatic rings. The Balaban J connectivity index is 1.63. The van der Waals surface area contributed by atoms with Crippen LogP contribution < -0.4 is 10.9 Å². The Bertz CT molecular complexity index is 1020. The first-order valence-electron chi connectivity index (χ1n) is 7.61. The highest BCUT2D eigenvalue weighted by Gasteiger charge is 2.14. The second-order valence-electron chi connectivity index (χ2n) is 5.36. The van der Waals surface area contributed by atoms with Crippen LogP contribution in [0.1, 0.15) is 20.8 Å². The Hall–Kier alpha value is -3.72. The molecule has 0 saturated carbocycles. The first-order valence-corrected chi connectivity index (χ1v) is 7.99. The highest BCUT2D eigenvalue weighted by molar-refractivity contribution is 6.33. The highest BCUT2D eigenvalue weighted by atomic mass is 35.5. The molecule has 0 fully saturated rings. The third kappa shape index (κ3) is 4.10. The molecule has 3 aromatic rings. The van der Waals surface area contributed by atoms with Gasteiger partial charge in [-0.1, -0.05) is 29.8 Å². The van der Waals surface area contributed by atoms with Crippen LogP contribution in [-0.2, 0) is 0 Å². The molecule has 0 aliphatic carbocycles. The second-order valence-corrected chi connectivity index (χ2v) is 5.77. The molecular formula is C17H12ClN5O4. The molecule has 10 heteroatoms. The van der Waals surface area contributed by atoms with Crippen LogP contribution in [0.4, 0.5) is 5.69 Å². The normalized spacial score (nSPS) is 10.3. The number of amides is 2. The molecule has 9 nitrogen and oxygen atoms in total. The van der Waals surface area contributed by atoms with Crippen molar-refractivity contribution in [1.29, 1.82) is 0 Å². The lowest BCUT2D eigenvalue weighted by Gasteiger charge is -2.05. The lowest BCUT2D eigenvalue weighted by atomic mass is 10.1. The number of rotatable bonds is 4. The van der Waals surface area contributed by atoms with Gasteiger partial charge in [0.25, 0.3) is 17.5 Å². The summed E-state index contributed by atoms with van der Waals surface area (Å²) in [6, 6.07) is 13.5. The van der Waals surface area contributed by atoms with E-state index >= 15 is 0 Å². The van der Waals surface area contributed by atoms with Gasteiger partial charge in [0.1, 0.15) is 5.69 Å². The van der Waals surface area contributed by atoms with Gasteiger partial charge in [0.2, 0.25) is 0 Å². The molecular weight excluding hydrogens is 374 g/mol. The molecule has 0 atom stereocenters. The Kier molecular flexibility index (Phi) is 5.13. The number of nitrogens with one attached hydrogen (secondary N) is 3. The van der Waals surface area contributed by atoms with Crippen LogP contribution in [0, 0.1) is 10.1 Å². The number of carbonyl (C=O) groups excluding carboxylic acids is 2. The van der Waals surface area contributed by atoms with E-state index in [9.17, 15) is 19.7 Å². The van der Waals surface area contributed by atoms with Gasteiger partial charge >= 0.3 is 0 Å². The number of hydrazine groups is 1. The fraction of sp³-hybridized carbons (Fsp3) is 0. The van der Waals surface area contributed by atoms with Gasteiger partial charge in [-0.05, 0) is 24.3 Å². The van der Waals surface area contributed by atoms with E-state index in [1.54, 1.807) is 24.3 Å². The van der Waals surface area contributed by atoms with E-state index in [-0.39, 0.29) is 16.9 Å². The summed E-state index contributed by atoms with van der Waals surface area (Å²) in [5.74, 6) is -1.24. The standard InChI is InChI=1S/C17H12ClN5O4/c18-13-4-2-1-3-12(13)14-9-15(20-19-14)17(25)22-21-16(24)10-5-7-11(8-6-10)23(26)27/h1-9H,(H,19,20)(H,21,24)(H,22,25). The van der Waals surface area contributed by atoms with Crippen molar-refractivity contribution in [1.82, 2.24) is 21.0 Å². The smallest absolute Gasteiger partial charge is 0.272 e. The van der Waals surface area contributed by atoms with E-state index in [0.29, 0.717) is 16.3 Å². The number of carbonyl (C=O) groups is 2. The Morgan fingerprint density at radius 1 is 1.04 bits per heavy atom. The van der Waals surface area contributed by atoms with Crippen molar-refractivity contribution >= 4 is 29.1 Å². The largest absolute Gasteiger partial charge is 0.287 e. The molecule has 3 rings (SSSR count). The van der Waals surface area contributed by atoms with E-state index in [2.05, 4.69) is 21.0 Å². The predicted molar refractivity (Wildman–Crippen MR) is 97.1 cm³/mol. The molecule has 0 saturated heterocycles. The Labute approximate surface area is 157 Å². The van der Waals surface area contributed by atoms with E-state index in [1.807, 2.05) is 0 Å². The molecule has 1 heterocycles. The average Bonchev–Trinajstić information content (AvgIpc) is 3.16. The van der Waals surface area contributed by atoms with Gasteiger partial charge in [0, 0.05) is 23.3 Å². The molecule has 27 heavy (non-hydrogen) atoms. The van der Waals surface area contributed by atoms with Crippen molar-refractivity contribution in [3.8, 4) is 11.3 Å². The first kappa shape index (κ1) is 18.1. The number of halogens is 1. The molecule has 2 amide bonds. The summed E-state index contributed by atoms with van der Waals surface area (Å²) in [7, 11) is 0. The molecule has 1 aromatic heterocycles. The minimum Gasteiger partial charge on any atom is -0.272 e.